The van der Waals surface area contributed by atoms with Crippen LogP contribution in [0.5, 0.6) is 11.5 Å². The van der Waals surface area contributed by atoms with Gasteiger partial charge in [0.15, 0.2) is 0 Å². The van der Waals surface area contributed by atoms with E-state index in [0.717, 1.165) is 0 Å². The Labute approximate surface area is 161 Å². The van der Waals surface area contributed by atoms with Gasteiger partial charge in [-0.15, -0.1) is 0 Å². The number of amides is 1. The SMILES string of the molecule is COc1ccc(-c2ccc(NC(=O)C3=C(C(=O)O)CCC3)c(F)c2)c(OC)c1. The predicted octanol–water partition coefficient (Wildman–Crippen LogP) is 4.01. The fourth-order valence-electron chi connectivity index (χ4n) is 3.25. The molecule has 0 saturated carbocycles. The average Bonchev–Trinajstić information content (AvgIpc) is 3.19. The van der Waals surface area contributed by atoms with E-state index < -0.39 is 17.7 Å². The van der Waals surface area contributed by atoms with Crippen LogP contribution < -0.4 is 14.8 Å². The number of carbonyl (C=O) groups excluding carboxylic acids is 1. The lowest BCUT2D eigenvalue weighted by Gasteiger charge is -2.13. The average molecular weight is 385 g/mol. The Bertz CT molecular complexity index is 967. The third-order valence-electron chi connectivity index (χ3n) is 4.69. The Morgan fingerprint density at radius 1 is 1.04 bits per heavy atom. The second-order valence-corrected chi connectivity index (χ2v) is 6.33. The first kappa shape index (κ1) is 19.4. The van der Waals surface area contributed by atoms with Gasteiger partial charge >= 0.3 is 5.97 Å². The first-order valence-corrected chi connectivity index (χ1v) is 8.73. The van der Waals surface area contributed by atoms with Gasteiger partial charge in [-0.3, -0.25) is 4.79 Å². The van der Waals surface area contributed by atoms with Crippen LogP contribution in [-0.4, -0.2) is 31.2 Å². The topological polar surface area (TPSA) is 84.9 Å². The van der Waals surface area contributed by atoms with E-state index in [1.807, 2.05) is 0 Å². The molecule has 1 aliphatic carbocycles. The number of carboxylic acid groups (broad SMARTS) is 1. The number of benzene rings is 2. The molecule has 0 atom stereocenters. The Kier molecular flexibility index (Phi) is 5.63. The molecule has 7 heteroatoms. The standard InChI is InChI=1S/C21H20FNO5/c1-27-13-7-8-14(19(11-13)28-2)12-6-9-18(17(22)10-12)23-20(24)15-4-3-5-16(15)21(25)26/h6-11H,3-5H2,1-2H3,(H,23,24)(H,25,26). The van der Waals surface area contributed by atoms with Gasteiger partial charge in [-0.25, -0.2) is 9.18 Å². The maximum absolute atomic E-state index is 14.6. The molecule has 2 aromatic carbocycles. The minimum Gasteiger partial charge on any atom is -0.497 e. The molecular weight excluding hydrogens is 365 g/mol. The number of halogens is 1. The number of anilines is 1. The van der Waals surface area contributed by atoms with E-state index in [0.29, 0.717) is 41.9 Å². The van der Waals surface area contributed by atoms with E-state index in [2.05, 4.69) is 5.32 Å². The molecule has 0 fully saturated rings. The van der Waals surface area contributed by atoms with E-state index in [9.17, 15) is 14.0 Å². The molecule has 1 aliphatic rings. The first-order valence-electron chi connectivity index (χ1n) is 8.73. The van der Waals surface area contributed by atoms with Crippen LogP contribution in [0.2, 0.25) is 0 Å². The van der Waals surface area contributed by atoms with Gasteiger partial charge in [0.2, 0.25) is 0 Å². The Hall–Kier alpha value is -3.35. The number of hydrogen-bond acceptors (Lipinski definition) is 4. The Morgan fingerprint density at radius 2 is 1.79 bits per heavy atom. The van der Waals surface area contributed by atoms with Gasteiger partial charge < -0.3 is 19.9 Å². The van der Waals surface area contributed by atoms with Crippen molar-refractivity contribution in [1.29, 1.82) is 0 Å². The summed E-state index contributed by atoms with van der Waals surface area (Å²) < 4.78 is 25.1. The zero-order valence-electron chi connectivity index (χ0n) is 15.5. The van der Waals surface area contributed by atoms with Crippen LogP contribution in [0.15, 0.2) is 47.5 Å². The Morgan fingerprint density at radius 3 is 2.43 bits per heavy atom. The molecule has 0 spiro atoms. The van der Waals surface area contributed by atoms with Crippen LogP contribution in [-0.2, 0) is 9.59 Å². The normalized spacial score (nSPS) is 13.4. The van der Waals surface area contributed by atoms with E-state index in [-0.39, 0.29) is 16.8 Å². The summed E-state index contributed by atoms with van der Waals surface area (Å²) >= 11 is 0. The summed E-state index contributed by atoms with van der Waals surface area (Å²) in [5, 5.41) is 11.6. The summed E-state index contributed by atoms with van der Waals surface area (Å²) in [6.45, 7) is 0. The predicted molar refractivity (Wildman–Crippen MR) is 102 cm³/mol. The van der Waals surface area contributed by atoms with Gasteiger partial charge in [0.1, 0.15) is 17.3 Å². The van der Waals surface area contributed by atoms with Crippen molar-refractivity contribution in [1.82, 2.24) is 0 Å². The number of ether oxygens (including phenoxy) is 2. The molecule has 0 radical (unpaired) electrons. The van der Waals surface area contributed by atoms with E-state index in [1.165, 1.54) is 19.2 Å². The van der Waals surface area contributed by atoms with Crippen molar-refractivity contribution < 1.29 is 28.6 Å². The quantitative estimate of drug-likeness (QED) is 0.785. The van der Waals surface area contributed by atoms with Crippen LogP contribution in [0.4, 0.5) is 10.1 Å². The first-order chi connectivity index (χ1) is 13.4. The van der Waals surface area contributed by atoms with Crippen molar-refractivity contribution in [2.45, 2.75) is 19.3 Å². The van der Waals surface area contributed by atoms with E-state index in [4.69, 9.17) is 14.6 Å². The molecule has 6 nitrogen and oxygen atoms in total. The summed E-state index contributed by atoms with van der Waals surface area (Å²) in [4.78, 5) is 23.6. The molecule has 0 aliphatic heterocycles. The fraction of sp³-hybridized carbons (Fsp3) is 0.238. The highest BCUT2D eigenvalue weighted by atomic mass is 19.1. The molecule has 0 unspecified atom stereocenters. The van der Waals surface area contributed by atoms with E-state index >= 15 is 0 Å². The third kappa shape index (κ3) is 3.83. The lowest BCUT2D eigenvalue weighted by molar-refractivity contribution is -0.133. The summed E-state index contributed by atoms with van der Waals surface area (Å²) in [5.41, 5.74) is 1.53. The van der Waals surface area contributed by atoms with Crippen molar-refractivity contribution in [2.24, 2.45) is 0 Å². The molecule has 2 aromatic rings. The van der Waals surface area contributed by atoms with Crippen molar-refractivity contribution >= 4 is 17.6 Å². The number of rotatable bonds is 6. The van der Waals surface area contributed by atoms with Crippen LogP contribution in [0.1, 0.15) is 19.3 Å². The summed E-state index contributed by atoms with van der Waals surface area (Å²) in [5.74, 6) is -1.17. The largest absolute Gasteiger partial charge is 0.497 e. The second-order valence-electron chi connectivity index (χ2n) is 6.33. The van der Waals surface area contributed by atoms with Gasteiger partial charge in [-0.05, 0) is 49.1 Å². The van der Waals surface area contributed by atoms with Crippen LogP contribution in [0, 0.1) is 5.82 Å². The van der Waals surface area contributed by atoms with Crippen molar-refractivity contribution in [2.75, 3.05) is 19.5 Å². The molecule has 1 amide bonds. The van der Waals surface area contributed by atoms with Gasteiger partial charge in [0.05, 0.1) is 19.9 Å². The molecule has 3 rings (SSSR count). The van der Waals surface area contributed by atoms with Gasteiger partial charge in [0.25, 0.3) is 5.91 Å². The molecular formula is C21H20FNO5. The molecule has 0 heterocycles. The number of carboxylic acids is 1. The van der Waals surface area contributed by atoms with E-state index in [1.54, 1.807) is 31.4 Å². The minimum absolute atomic E-state index is 0.00892. The molecule has 0 bridgehead atoms. The molecule has 0 saturated heterocycles. The zero-order valence-corrected chi connectivity index (χ0v) is 15.5. The number of carbonyl (C=O) groups is 2. The monoisotopic (exact) mass is 385 g/mol. The summed E-state index contributed by atoms with van der Waals surface area (Å²) in [6.07, 6.45) is 1.32. The van der Waals surface area contributed by atoms with Gasteiger partial charge in [0, 0.05) is 22.8 Å². The molecule has 146 valence electrons. The Balaban J connectivity index is 1.87. The van der Waals surface area contributed by atoms with Gasteiger partial charge in [-0.2, -0.15) is 0 Å². The fourth-order valence-corrected chi connectivity index (χ4v) is 3.25. The minimum atomic E-state index is -1.11. The molecule has 28 heavy (non-hydrogen) atoms. The zero-order chi connectivity index (χ0) is 20.3. The lowest BCUT2D eigenvalue weighted by Crippen LogP contribution is -2.17. The van der Waals surface area contributed by atoms with Crippen LogP contribution >= 0.6 is 0 Å². The third-order valence-corrected chi connectivity index (χ3v) is 4.69. The van der Waals surface area contributed by atoms with Crippen molar-refractivity contribution in [3.8, 4) is 22.6 Å². The second kappa shape index (κ2) is 8.12. The number of hydrogen-bond donors (Lipinski definition) is 2. The van der Waals surface area contributed by atoms with Crippen LogP contribution in [0.3, 0.4) is 0 Å². The maximum atomic E-state index is 14.6. The van der Waals surface area contributed by atoms with Gasteiger partial charge in [-0.1, -0.05) is 6.07 Å². The highest BCUT2D eigenvalue weighted by Gasteiger charge is 2.25. The highest BCUT2D eigenvalue weighted by molar-refractivity contribution is 6.09. The summed E-state index contributed by atoms with van der Waals surface area (Å²) in [6, 6.07) is 9.59. The van der Waals surface area contributed by atoms with Crippen molar-refractivity contribution in [3.63, 3.8) is 0 Å². The smallest absolute Gasteiger partial charge is 0.332 e. The molecule has 2 N–H and O–H groups in total. The number of methoxy groups -OCH3 is 2. The number of aliphatic carboxylic acids is 1. The van der Waals surface area contributed by atoms with Crippen LogP contribution in [0.25, 0.3) is 11.1 Å². The highest BCUT2D eigenvalue weighted by Crippen LogP contribution is 2.35. The molecule has 0 aromatic heterocycles. The summed E-state index contributed by atoms with van der Waals surface area (Å²) in [7, 11) is 3.06. The number of nitrogens with one attached hydrogen (secondary N) is 1. The maximum Gasteiger partial charge on any atom is 0.332 e. The lowest BCUT2D eigenvalue weighted by atomic mass is 10.0. The van der Waals surface area contributed by atoms with Crippen molar-refractivity contribution in [3.05, 3.63) is 53.4 Å².